The van der Waals surface area contributed by atoms with Crippen LogP contribution in [0, 0.1) is 0 Å². The van der Waals surface area contributed by atoms with Crippen LogP contribution in [0.15, 0.2) is 66.7 Å². The van der Waals surface area contributed by atoms with E-state index < -0.39 is 10.0 Å². The molecule has 0 bridgehead atoms. The van der Waals surface area contributed by atoms with Gasteiger partial charge in [-0.25, -0.2) is 8.42 Å². The molecule has 234 valence electrons. The molecular formula is C33H40ClN5O4S. The molecule has 0 unspecified atom stereocenters. The topological polar surface area (TPSA) is 111 Å². The van der Waals surface area contributed by atoms with Gasteiger partial charge in [0.1, 0.15) is 0 Å². The van der Waals surface area contributed by atoms with Gasteiger partial charge in [-0.2, -0.15) is 4.31 Å². The summed E-state index contributed by atoms with van der Waals surface area (Å²) in [5.41, 5.74) is 4.59. The molecule has 5 rings (SSSR count). The van der Waals surface area contributed by atoms with E-state index in [1.165, 1.54) is 0 Å². The van der Waals surface area contributed by atoms with E-state index in [1.54, 1.807) is 28.6 Å². The zero-order chi connectivity index (χ0) is 31.1. The standard InChI is InChI=1S/C33H40ClN5O4S/c1-2-21-44(42,43)39-19-17-38(18-20-39)23-24-6-12-27(13-7-24)36-32(40)26-10-8-25(9-11-26)29-22-28(14-15-30(29)34)37-33(41)31-5-3-4-16-35-31/h6-15,22,31,35H,2-5,16-21,23H2,1H3,(H,36,40)(H,37,41)/t31-/m1/s1. The molecule has 2 fully saturated rings. The smallest absolute Gasteiger partial charge is 0.255 e. The molecule has 0 aromatic heterocycles. The first-order chi connectivity index (χ1) is 21.2. The second-order valence-corrected chi connectivity index (χ2v) is 13.9. The first-order valence-electron chi connectivity index (χ1n) is 15.3. The van der Waals surface area contributed by atoms with E-state index in [1.807, 2.05) is 49.4 Å². The number of hydrogen-bond donors (Lipinski definition) is 3. The molecule has 2 amide bonds. The molecule has 0 spiro atoms. The number of hydrogen-bond acceptors (Lipinski definition) is 6. The predicted octanol–water partition coefficient (Wildman–Crippen LogP) is 5.20. The van der Waals surface area contributed by atoms with Crippen molar-refractivity contribution in [3.63, 3.8) is 0 Å². The van der Waals surface area contributed by atoms with E-state index in [0.29, 0.717) is 54.6 Å². The van der Waals surface area contributed by atoms with Gasteiger partial charge < -0.3 is 16.0 Å². The van der Waals surface area contributed by atoms with E-state index in [9.17, 15) is 18.0 Å². The quantitative estimate of drug-likeness (QED) is 0.282. The number of rotatable bonds is 10. The highest BCUT2D eigenvalue weighted by molar-refractivity contribution is 7.89. The molecule has 3 N–H and O–H groups in total. The van der Waals surface area contributed by atoms with Crippen LogP contribution in [0.4, 0.5) is 11.4 Å². The van der Waals surface area contributed by atoms with E-state index in [-0.39, 0.29) is 23.6 Å². The van der Waals surface area contributed by atoms with Crippen LogP contribution in [0.3, 0.4) is 0 Å². The van der Waals surface area contributed by atoms with Crippen LogP contribution >= 0.6 is 11.6 Å². The number of anilines is 2. The first-order valence-corrected chi connectivity index (χ1v) is 17.3. The molecule has 2 saturated heterocycles. The highest BCUT2D eigenvalue weighted by atomic mass is 35.5. The minimum atomic E-state index is -3.15. The lowest BCUT2D eigenvalue weighted by molar-refractivity contribution is -0.118. The van der Waals surface area contributed by atoms with Crippen molar-refractivity contribution in [3.05, 3.63) is 82.9 Å². The summed E-state index contributed by atoms with van der Waals surface area (Å²) in [7, 11) is -3.15. The van der Waals surface area contributed by atoms with Gasteiger partial charge in [0.2, 0.25) is 15.9 Å². The van der Waals surface area contributed by atoms with Gasteiger partial charge in [-0.15, -0.1) is 0 Å². The van der Waals surface area contributed by atoms with Gasteiger partial charge in [-0.3, -0.25) is 14.5 Å². The molecular weight excluding hydrogens is 598 g/mol. The SMILES string of the molecule is CCCS(=O)(=O)N1CCN(Cc2ccc(NC(=O)c3ccc(-c4cc(NC(=O)[C@H]5CCCCN5)ccc4Cl)cc3)cc2)CC1. The normalized spacial score (nSPS) is 18.1. The van der Waals surface area contributed by atoms with Crippen LogP contribution < -0.4 is 16.0 Å². The van der Waals surface area contributed by atoms with E-state index in [4.69, 9.17) is 11.6 Å². The Morgan fingerprint density at radius 2 is 1.61 bits per heavy atom. The minimum Gasteiger partial charge on any atom is -0.325 e. The Kier molecular flexibility index (Phi) is 10.7. The molecule has 2 heterocycles. The Balaban J connectivity index is 1.14. The van der Waals surface area contributed by atoms with Crippen molar-refractivity contribution >= 4 is 44.8 Å². The molecule has 0 radical (unpaired) electrons. The Hall–Kier alpha value is -3.28. The Bertz CT molecular complexity index is 1550. The highest BCUT2D eigenvalue weighted by Gasteiger charge is 2.26. The number of carbonyl (C=O) groups excluding carboxylic acids is 2. The van der Waals surface area contributed by atoms with Crippen molar-refractivity contribution in [3.8, 4) is 11.1 Å². The second-order valence-electron chi connectivity index (χ2n) is 11.4. The number of nitrogens with zero attached hydrogens (tertiary/aromatic N) is 2. The number of piperazine rings is 1. The number of benzene rings is 3. The lowest BCUT2D eigenvalue weighted by Gasteiger charge is -2.34. The molecule has 3 aromatic rings. The largest absolute Gasteiger partial charge is 0.325 e. The van der Waals surface area contributed by atoms with E-state index in [2.05, 4.69) is 20.9 Å². The van der Waals surface area contributed by atoms with Crippen LogP contribution in [0.5, 0.6) is 0 Å². The number of nitrogens with one attached hydrogen (secondary N) is 3. The first kappa shape index (κ1) is 32.1. The maximum absolute atomic E-state index is 13.0. The number of halogens is 1. The average Bonchev–Trinajstić information content (AvgIpc) is 3.03. The van der Waals surface area contributed by atoms with Crippen molar-refractivity contribution in [1.82, 2.24) is 14.5 Å². The number of carbonyl (C=O) groups is 2. The summed E-state index contributed by atoms with van der Waals surface area (Å²) in [6.45, 7) is 5.88. The highest BCUT2D eigenvalue weighted by Crippen LogP contribution is 2.31. The summed E-state index contributed by atoms with van der Waals surface area (Å²) in [4.78, 5) is 27.9. The Morgan fingerprint density at radius 1 is 0.909 bits per heavy atom. The fourth-order valence-electron chi connectivity index (χ4n) is 5.64. The number of sulfonamides is 1. The monoisotopic (exact) mass is 637 g/mol. The maximum atomic E-state index is 13.0. The van der Waals surface area contributed by atoms with Crippen molar-refractivity contribution in [2.24, 2.45) is 0 Å². The van der Waals surface area contributed by atoms with Crippen LogP contribution in [0.25, 0.3) is 11.1 Å². The van der Waals surface area contributed by atoms with Gasteiger partial charge in [0.15, 0.2) is 0 Å². The van der Waals surface area contributed by atoms with Crippen molar-refractivity contribution in [2.45, 2.75) is 45.2 Å². The van der Waals surface area contributed by atoms with Crippen LogP contribution in [-0.4, -0.2) is 74.0 Å². The van der Waals surface area contributed by atoms with Crippen molar-refractivity contribution in [2.75, 3.05) is 49.1 Å². The lowest BCUT2D eigenvalue weighted by Crippen LogP contribution is -2.48. The molecule has 0 aliphatic carbocycles. The second kappa shape index (κ2) is 14.7. The van der Waals surface area contributed by atoms with Gasteiger partial charge >= 0.3 is 0 Å². The van der Waals surface area contributed by atoms with E-state index >= 15 is 0 Å². The van der Waals surface area contributed by atoms with E-state index in [0.717, 1.165) is 49.0 Å². The Morgan fingerprint density at radius 3 is 2.27 bits per heavy atom. The minimum absolute atomic E-state index is 0.0451. The molecule has 2 aliphatic rings. The summed E-state index contributed by atoms with van der Waals surface area (Å²) in [5.74, 6) is -0.0662. The molecule has 1 atom stereocenters. The summed E-state index contributed by atoms with van der Waals surface area (Å²) >= 11 is 6.50. The molecule has 11 heteroatoms. The molecule has 44 heavy (non-hydrogen) atoms. The number of amides is 2. The predicted molar refractivity (Wildman–Crippen MR) is 176 cm³/mol. The van der Waals surface area contributed by atoms with Gasteiger partial charge in [0.05, 0.1) is 11.8 Å². The van der Waals surface area contributed by atoms with Crippen molar-refractivity contribution in [1.29, 1.82) is 0 Å². The average molecular weight is 638 g/mol. The zero-order valence-corrected chi connectivity index (χ0v) is 26.6. The van der Waals surface area contributed by atoms with Crippen LogP contribution in [-0.2, 0) is 21.4 Å². The third kappa shape index (κ3) is 8.25. The molecule has 3 aromatic carbocycles. The summed E-state index contributed by atoms with van der Waals surface area (Å²) in [6, 6.07) is 20.2. The van der Waals surface area contributed by atoms with Crippen molar-refractivity contribution < 1.29 is 18.0 Å². The fourth-order valence-corrected chi connectivity index (χ4v) is 7.36. The number of piperidine rings is 1. The van der Waals surface area contributed by atoms with Gasteiger partial charge in [0.25, 0.3) is 5.91 Å². The summed E-state index contributed by atoms with van der Waals surface area (Å²) < 4.78 is 26.2. The maximum Gasteiger partial charge on any atom is 0.255 e. The van der Waals surface area contributed by atoms with Gasteiger partial charge in [-0.1, -0.05) is 49.2 Å². The van der Waals surface area contributed by atoms with Gasteiger partial charge in [-0.05, 0) is 79.4 Å². The van der Waals surface area contributed by atoms with Crippen LogP contribution in [0.1, 0.15) is 48.5 Å². The fraction of sp³-hybridized carbons (Fsp3) is 0.394. The molecule has 0 saturated carbocycles. The molecule has 2 aliphatic heterocycles. The summed E-state index contributed by atoms with van der Waals surface area (Å²) in [5, 5.41) is 9.76. The Labute approximate surface area is 265 Å². The zero-order valence-electron chi connectivity index (χ0n) is 25.0. The third-order valence-corrected chi connectivity index (χ3v) is 10.5. The lowest BCUT2D eigenvalue weighted by atomic mass is 10.0. The third-order valence-electron chi connectivity index (χ3n) is 8.12. The molecule has 9 nitrogen and oxygen atoms in total. The summed E-state index contributed by atoms with van der Waals surface area (Å²) in [6.07, 6.45) is 3.58. The van der Waals surface area contributed by atoms with Crippen LogP contribution in [0.2, 0.25) is 5.02 Å². The van der Waals surface area contributed by atoms with Gasteiger partial charge in [0, 0.05) is 60.2 Å².